The minimum Gasteiger partial charge on any atom is -0.486 e. The molecule has 1 heterocycles. The fourth-order valence-electron chi connectivity index (χ4n) is 2.36. The largest absolute Gasteiger partial charge is 0.486 e. The van der Waals surface area contributed by atoms with Crippen molar-refractivity contribution in [3.8, 4) is 11.5 Å². The van der Waals surface area contributed by atoms with Gasteiger partial charge in [-0.15, -0.1) is 0 Å². The van der Waals surface area contributed by atoms with Crippen molar-refractivity contribution >= 4 is 21.6 Å². The molecule has 0 bridgehead atoms. The van der Waals surface area contributed by atoms with Crippen molar-refractivity contribution in [1.29, 1.82) is 0 Å². The second kappa shape index (κ2) is 6.39. The fourth-order valence-corrected chi connectivity index (χ4v) is 4.11. The third-order valence-corrected chi connectivity index (χ3v) is 5.56. The van der Waals surface area contributed by atoms with Crippen LogP contribution >= 0.6 is 11.6 Å². The molecule has 1 aliphatic rings. The van der Waals surface area contributed by atoms with Crippen molar-refractivity contribution in [1.82, 2.24) is 4.72 Å². The quantitative estimate of drug-likeness (QED) is 0.917. The zero-order valence-corrected chi connectivity index (χ0v) is 14.0. The van der Waals surface area contributed by atoms with Crippen LogP contribution in [0.2, 0.25) is 5.02 Å². The number of halogens is 1. The lowest BCUT2D eigenvalue weighted by Gasteiger charge is -2.21. The van der Waals surface area contributed by atoms with E-state index in [0.717, 1.165) is 5.56 Å². The van der Waals surface area contributed by atoms with Gasteiger partial charge in [-0.1, -0.05) is 29.8 Å². The predicted octanol–water partition coefficient (Wildman–Crippen LogP) is 3.15. The highest BCUT2D eigenvalue weighted by Gasteiger charge is 2.22. The van der Waals surface area contributed by atoms with Crippen LogP contribution in [0.1, 0.15) is 18.5 Å². The van der Waals surface area contributed by atoms with Crippen molar-refractivity contribution in [3.63, 3.8) is 0 Å². The van der Waals surface area contributed by atoms with Gasteiger partial charge in [-0.05, 0) is 36.8 Å². The first kappa shape index (κ1) is 16.1. The molecule has 7 heteroatoms. The summed E-state index contributed by atoms with van der Waals surface area (Å²) in [6.45, 7) is 2.76. The maximum absolute atomic E-state index is 12.5. The monoisotopic (exact) mass is 353 g/mol. The van der Waals surface area contributed by atoms with E-state index in [2.05, 4.69) is 4.72 Å². The first-order chi connectivity index (χ1) is 11.0. The van der Waals surface area contributed by atoms with E-state index < -0.39 is 16.1 Å². The van der Waals surface area contributed by atoms with Gasteiger partial charge in [-0.3, -0.25) is 0 Å². The summed E-state index contributed by atoms with van der Waals surface area (Å²) in [5.41, 5.74) is 0.782. The van der Waals surface area contributed by atoms with Crippen LogP contribution in [0.4, 0.5) is 0 Å². The molecule has 23 heavy (non-hydrogen) atoms. The Hall–Kier alpha value is -1.76. The zero-order valence-electron chi connectivity index (χ0n) is 12.5. The van der Waals surface area contributed by atoms with E-state index in [0.29, 0.717) is 24.7 Å². The van der Waals surface area contributed by atoms with Gasteiger partial charge in [0.25, 0.3) is 0 Å². The Morgan fingerprint density at radius 2 is 1.78 bits per heavy atom. The summed E-state index contributed by atoms with van der Waals surface area (Å²) in [7, 11) is -3.71. The Morgan fingerprint density at radius 1 is 1.09 bits per heavy atom. The summed E-state index contributed by atoms with van der Waals surface area (Å²) in [4.78, 5) is 0.0612. The summed E-state index contributed by atoms with van der Waals surface area (Å²) in [6, 6.07) is 11.3. The maximum Gasteiger partial charge on any atom is 0.242 e. The summed E-state index contributed by atoms with van der Waals surface area (Å²) in [5, 5.41) is 0.189. The predicted molar refractivity (Wildman–Crippen MR) is 87.6 cm³/mol. The highest BCUT2D eigenvalue weighted by atomic mass is 35.5. The third kappa shape index (κ3) is 3.44. The average molecular weight is 354 g/mol. The molecule has 1 atom stereocenters. The molecule has 0 saturated carbocycles. The Balaban J connectivity index is 1.84. The molecule has 122 valence electrons. The summed E-state index contributed by atoms with van der Waals surface area (Å²) in [6.07, 6.45) is 0. The number of nitrogens with one attached hydrogen (secondary N) is 1. The van der Waals surface area contributed by atoms with Crippen LogP contribution in [0.3, 0.4) is 0 Å². The lowest BCUT2D eigenvalue weighted by molar-refractivity contribution is 0.171. The van der Waals surface area contributed by atoms with Gasteiger partial charge in [0.05, 0.1) is 5.02 Å². The molecule has 2 aromatic carbocycles. The number of benzene rings is 2. The Morgan fingerprint density at radius 3 is 2.52 bits per heavy atom. The minimum atomic E-state index is -3.71. The second-order valence-electron chi connectivity index (χ2n) is 5.18. The Bertz CT molecular complexity index is 823. The van der Waals surface area contributed by atoms with Gasteiger partial charge in [-0.2, -0.15) is 0 Å². The number of sulfonamides is 1. The SMILES string of the molecule is C[C@H](NS(=O)(=O)c1ccccc1Cl)c1ccc2c(c1)OCCO2. The molecule has 0 fully saturated rings. The standard InChI is InChI=1S/C16H16ClNO4S/c1-11(12-6-7-14-15(10-12)22-9-8-21-14)18-23(19,20)16-5-3-2-4-13(16)17/h2-7,10-11,18H,8-9H2,1H3/t11-/m0/s1. The van der Waals surface area contributed by atoms with Crippen LogP contribution in [0.15, 0.2) is 47.4 Å². The molecule has 0 saturated heterocycles. The number of hydrogen-bond acceptors (Lipinski definition) is 4. The van der Waals surface area contributed by atoms with E-state index in [1.165, 1.54) is 6.07 Å². The van der Waals surface area contributed by atoms with Gasteiger partial charge in [0.1, 0.15) is 18.1 Å². The molecule has 0 radical (unpaired) electrons. The first-order valence-electron chi connectivity index (χ1n) is 7.14. The molecular weight excluding hydrogens is 338 g/mol. The highest BCUT2D eigenvalue weighted by molar-refractivity contribution is 7.89. The van der Waals surface area contributed by atoms with E-state index in [1.807, 2.05) is 6.07 Å². The molecule has 0 spiro atoms. The molecule has 1 aliphatic heterocycles. The van der Waals surface area contributed by atoms with Crippen molar-refractivity contribution in [2.75, 3.05) is 13.2 Å². The highest BCUT2D eigenvalue weighted by Crippen LogP contribution is 2.33. The fraction of sp³-hybridized carbons (Fsp3) is 0.250. The number of hydrogen-bond donors (Lipinski definition) is 1. The average Bonchev–Trinajstić information content (AvgIpc) is 2.54. The molecule has 0 aromatic heterocycles. The smallest absolute Gasteiger partial charge is 0.242 e. The van der Waals surface area contributed by atoms with Crippen LogP contribution in [-0.4, -0.2) is 21.6 Å². The van der Waals surface area contributed by atoms with Crippen LogP contribution < -0.4 is 14.2 Å². The van der Waals surface area contributed by atoms with Crippen LogP contribution in [0.5, 0.6) is 11.5 Å². The van der Waals surface area contributed by atoms with Gasteiger partial charge in [-0.25, -0.2) is 13.1 Å². The normalized spacial score (nSPS) is 15.2. The molecule has 2 aromatic rings. The first-order valence-corrected chi connectivity index (χ1v) is 9.00. The lowest BCUT2D eigenvalue weighted by Crippen LogP contribution is -2.27. The second-order valence-corrected chi connectivity index (χ2v) is 7.27. The number of fused-ring (bicyclic) bond motifs is 1. The van der Waals surface area contributed by atoms with E-state index in [9.17, 15) is 8.42 Å². The lowest BCUT2D eigenvalue weighted by atomic mass is 10.1. The summed E-state index contributed by atoms with van der Waals surface area (Å²) in [5.74, 6) is 1.29. The van der Waals surface area contributed by atoms with Crippen molar-refractivity contribution in [2.45, 2.75) is 17.9 Å². The Kier molecular flexibility index (Phi) is 4.48. The maximum atomic E-state index is 12.5. The van der Waals surface area contributed by atoms with Gasteiger partial charge < -0.3 is 9.47 Å². The molecule has 0 unspecified atom stereocenters. The molecule has 3 rings (SSSR count). The summed E-state index contributed by atoms with van der Waals surface area (Å²) >= 11 is 5.98. The topological polar surface area (TPSA) is 64.6 Å². The van der Waals surface area contributed by atoms with Gasteiger partial charge in [0, 0.05) is 6.04 Å². The zero-order chi connectivity index (χ0) is 16.4. The van der Waals surface area contributed by atoms with Gasteiger partial charge >= 0.3 is 0 Å². The third-order valence-electron chi connectivity index (χ3n) is 3.52. The number of rotatable bonds is 4. The Labute approximate surface area is 140 Å². The van der Waals surface area contributed by atoms with Crippen molar-refractivity contribution in [3.05, 3.63) is 53.1 Å². The van der Waals surface area contributed by atoms with Crippen molar-refractivity contribution in [2.24, 2.45) is 0 Å². The molecule has 0 amide bonds. The van der Waals surface area contributed by atoms with E-state index >= 15 is 0 Å². The van der Waals surface area contributed by atoms with E-state index in [-0.39, 0.29) is 9.92 Å². The minimum absolute atomic E-state index is 0.0612. The van der Waals surface area contributed by atoms with Crippen LogP contribution in [-0.2, 0) is 10.0 Å². The molecule has 0 aliphatic carbocycles. The van der Waals surface area contributed by atoms with E-state index in [4.69, 9.17) is 21.1 Å². The van der Waals surface area contributed by atoms with Gasteiger partial charge in [0.2, 0.25) is 10.0 Å². The molecular formula is C16H16ClNO4S. The van der Waals surface area contributed by atoms with Crippen molar-refractivity contribution < 1.29 is 17.9 Å². The van der Waals surface area contributed by atoms with Crippen LogP contribution in [0, 0.1) is 0 Å². The van der Waals surface area contributed by atoms with E-state index in [1.54, 1.807) is 37.3 Å². The molecule has 5 nitrogen and oxygen atoms in total. The number of ether oxygens (including phenoxy) is 2. The van der Waals surface area contributed by atoms with Crippen LogP contribution in [0.25, 0.3) is 0 Å². The molecule has 1 N–H and O–H groups in total. The van der Waals surface area contributed by atoms with Gasteiger partial charge in [0.15, 0.2) is 11.5 Å². The summed E-state index contributed by atoms with van der Waals surface area (Å²) < 4.78 is 38.6.